The molecule has 0 aliphatic carbocycles. The van der Waals surface area contributed by atoms with Crippen molar-refractivity contribution in [2.24, 2.45) is 5.92 Å². The second kappa shape index (κ2) is 9.41. The third kappa shape index (κ3) is 4.53. The maximum atomic E-state index is 13.0. The molecule has 0 fully saturated rings. The highest BCUT2D eigenvalue weighted by atomic mass is 32.1. The number of methoxy groups -OCH3 is 3. The number of nitro groups is 1. The number of carbonyl (C=O) groups excluding carboxylic acids is 1. The van der Waals surface area contributed by atoms with Gasteiger partial charge in [0, 0.05) is 10.9 Å². The molecule has 1 heterocycles. The van der Waals surface area contributed by atoms with Gasteiger partial charge in [-0.3, -0.25) is 14.9 Å². The zero-order valence-corrected chi connectivity index (χ0v) is 17.3. The molecule has 0 saturated carbocycles. The molecule has 2 aromatic rings. The Balaban J connectivity index is 2.52. The van der Waals surface area contributed by atoms with E-state index >= 15 is 0 Å². The average molecular weight is 408 g/mol. The highest BCUT2D eigenvalue weighted by Crippen LogP contribution is 2.46. The maximum Gasteiger partial charge on any atom is 0.327 e. The molecular weight excluding hydrogens is 384 g/mol. The van der Waals surface area contributed by atoms with Gasteiger partial charge in [-0.2, -0.15) is 0 Å². The number of benzene rings is 1. The third-order valence-electron chi connectivity index (χ3n) is 4.13. The molecule has 152 valence electrons. The smallest absolute Gasteiger partial charge is 0.327 e. The average Bonchev–Trinajstić information content (AvgIpc) is 3.19. The highest BCUT2D eigenvalue weighted by molar-refractivity contribution is 7.10. The van der Waals surface area contributed by atoms with E-state index in [9.17, 15) is 14.9 Å². The molecule has 2 rings (SSSR count). The Morgan fingerprint density at radius 2 is 1.89 bits per heavy atom. The molecule has 0 spiro atoms. The summed E-state index contributed by atoms with van der Waals surface area (Å²) in [6.07, 6.45) is 0.699. The standard InChI is InChI=1S/C19H24N2O6S/c1-11(2)9-13(15-7-6-8-28-15)20-19(22)12-10-14(25-3)17(26-4)18(27-5)16(12)21(23)24/h6-8,10-11,13H,9H2,1-5H3,(H,20,22). The van der Waals surface area contributed by atoms with E-state index in [1.807, 2.05) is 17.5 Å². The fourth-order valence-electron chi connectivity index (χ4n) is 2.94. The number of ether oxygens (including phenoxy) is 3. The van der Waals surface area contributed by atoms with Crippen molar-refractivity contribution in [3.63, 3.8) is 0 Å². The summed E-state index contributed by atoms with van der Waals surface area (Å²) in [4.78, 5) is 25.1. The Kier molecular flexibility index (Phi) is 7.22. The molecule has 1 unspecified atom stereocenters. The summed E-state index contributed by atoms with van der Waals surface area (Å²) in [6, 6.07) is 4.88. The number of nitrogens with one attached hydrogen (secondary N) is 1. The molecule has 1 aromatic carbocycles. The van der Waals surface area contributed by atoms with E-state index in [1.165, 1.54) is 38.7 Å². The summed E-state index contributed by atoms with van der Waals surface area (Å²) in [5, 5.41) is 16.6. The summed E-state index contributed by atoms with van der Waals surface area (Å²) < 4.78 is 15.6. The molecule has 1 aromatic heterocycles. The minimum absolute atomic E-state index is 0.0604. The van der Waals surface area contributed by atoms with Gasteiger partial charge in [0.05, 0.1) is 32.3 Å². The first-order chi connectivity index (χ1) is 13.3. The first kappa shape index (κ1) is 21.5. The summed E-state index contributed by atoms with van der Waals surface area (Å²) >= 11 is 1.52. The molecule has 0 aliphatic heterocycles. The van der Waals surface area contributed by atoms with Gasteiger partial charge in [0.2, 0.25) is 11.5 Å². The number of amides is 1. The van der Waals surface area contributed by atoms with E-state index in [4.69, 9.17) is 14.2 Å². The number of hydrogen-bond acceptors (Lipinski definition) is 7. The molecule has 1 amide bonds. The fourth-order valence-corrected chi connectivity index (χ4v) is 3.73. The van der Waals surface area contributed by atoms with Crippen LogP contribution in [-0.4, -0.2) is 32.2 Å². The van der Waals surface area contributed by atoms with Crippen LogP contribution < -0.4 is 19.5 Å². The van der Waals surface area contributed by atoms with E-state index in [2.05, 4.69) is 19.2 Å². The minimum atomic E-state index is -0.654. The van der Waals surface area contributed by atoms with Crippen LogP contribution in [0.5, 0.6) is 17.2 Å². The van der Waals surface area contributed by atoms with Gasteiger partial charge in [-0.05, 0) is 23.8 Å². The molecule has 9 heteroatoms. The first-order valence-corrected chi connectivity index (χ1v) is 9.53. The van der Waals surface area contributed by atoms with Crippen molar-refractivity contribution in [1.29, 1.82) is 0 Å². The van der Waals surface area contributed by atoms with Crippen molar-refractivity contribution >= 4 is 22.9 Å². The van der Waals surface area contributed by atoms with E-state index < -0.39 is 16.5 Å². The van der Waals surface area contributed by atoms with Crippen LogP contribution in [0, 0.1) is 16.0 Å². The van der Waals surface area contributed by atoms with Crippen molar-refractivity contribution in [3.05, 3.63) is 44.1 Å². The van der Waals surface area contributed by atoms with Crippen molar-refractivity contribution in [2.75, 3.05) is 21.3 Å². The number of thiophene rings is 1. The van der Waals surface area contributed by atoms with Crippen LogP contribution in [0.2, 0.25) is 0 Å². The predicted molar refractivity (Wildman–Crippen MR) is 107 cm³/mol. The van der Waals surface area contributed by atoms with Gasteiger partial charge in [-0.1, -0.05) is 19.9 Å². The van der Waals surface area contributed by atoms with Crippen LogP contribution >= 0.6 is 11.3 Å². The molecule has 0 saturated heterocycles. The topological polar surface area (TPSA) is 99.9 Å². The molecule has 0 aliphatic rings. The molecule has 28 heavy (non-hydrogen) atoms. The second-order valence-corrected chi connectivity index (χ2v) is 7.45. The molecule has 1 N–H and O–H groups in total. The normalized spacial score (nSPS) is 11.8. The van der Waals surface area contributed by atoms with Crippen LogP contribution in [0.1, 0.15) is 41.5 Å². The van der Waals surface area contributed by atoms with Gasteiger partial charge in [-0.15, -0.1) is 11.3 Å². The summed E-state index contributed by atoms with van der Waals surface area (Å²) in [5.74, 6) is -0.183. The van der Waals surface area contributed by atoms with Gasteiger partial charge in [0.25, 0.3) is 5.91 Å². The van der Waals surface area contributed by atoms with Crippen molar-refractivity contribution < 1.29 is 23.9 Å². The Bertz CT molecular complexity index is 835. The monoisotopic (exact) mass is 408 g/mol. The van der Waals surface area contributed by atoms with Gasteiger partial charge in [-0.25, -0.2) is 0 Å². The van der Waals surface area contributed by atoms with Crippen LogP contribution in [-0.2, 0) is 0 Å². The van der Waals surface area contributed by atoms with Gasteiger partial charge >= 0.3 is 5.69 Å². The Hall–Kier alpha value is -2.81. The second-order valence-electron chi connectivity index (χ2n) is 6.47. The lowest BCUT2D eigenvalue weighted by Crippen LogP contribution is -2.29. The molecule has 8 nitrogen and oxygen atoms in total. The van der Waals surface area contributed by atoms with Gasteiger partial charge in [0.1, 0.15) is 5.56 Å². The van der Waals surface area contributed by atoms with E-state index in [0.29, 0.717) is 12.3 Å². The zero-order valence-electron chi connectivity index (χ0n) is 16.5. The van der Waals surface area contributed by atoms with Crippen LogP contribution in [0.25, 0.3) is 0 Å². The van der Waals surface area contributed by atoms with Crippen molar-refractivity contribution in [2.45, 2.75) is 26.3 Å². The zero-order chi connectivity index (χ0) is 20.8. The lowest BCUT2D eigenvalue weighted by Gasteiger charge is -2.20. The molecular formula is C19H24N2O6S. The number of nitrogens with zero attached hydrogens (tertiary/aromatic N) is 1. The molecule has 0 radical (unpaired) electrons. The summed E-state index contributed by atoms with van der Waals surface area (Å²) in [7, 11) is 4.01. The largest absolute Gasteiger partial charge is 0.493 e. The first-order valence-electron chi connectivity index (χ1n) is 8.65. The summed E-state index contributed by atoms with van der Waals surface area (Å²) in [6.45, 7) is 4.10. The molecule has 0 bridgehead atoms. The fraction of sp³-hybridized carbons (Fsp3) is 0.421. The van der Waals surface area contributed by atoms with E-state index in [1.54, 1.807) is 0 Å². The number of nitro benzene ring substituents is 1. The van der Waals surface area contributed by atoms with Crippen LogP contribution in [0.4, 0.5) is 5.69 Å². The van der Waals surface area contributed by atoms with E-state index in [-0.39, 0.29) is 28.9 Å². The van der Waals surface area contributed by atoms with Crippen molar-refractivity contribution in [3.8, 4) is 17.2 Å². The lowest BCUT2D eigenvalue weighted by molar-refractivity contribution is -0.386. The minimum Gasteiger partial charge on any atom is -0.493 e. The Morgan fingerprint density at radius 3 is 2.36 bits per heavy atom. The Morgan fingerprint density at radius 1 is 1.21 bits per heavy atom. The third-order valence-corrected chi connectivity index (χ3v) is 5.12. The van der Waals surface area contributed by atoms with Gasteiger partial charge < -0.3 is 19.5 Å². The van der Waals surface area contributed by atoms with Crippen molar-refractivity contribution in [1.82, 2.24) is 5.32 Å². The lowest BCUT2D eigenvalue weighted by atomic mass is 10.0. The number of carbonyl (C=O) groups is 1. The maximum absolute atomic E-state index is 13.0. The number of rotatable bonds is 9. The quantitative estimate of drug-likeness (QED) is 0.493. The molecule has 1 atom stereocenters. The van der Waals surface area contributed by atoms with Crippen LogP contribution in [0.3, 0.4) is 0 Å². The Labute approximate surface area is 167 Å². The van der Waals surface area contributed by atoms with E-state index in [0.717, 1.165) is 4.88 Å². The number of hydrogen-bond donors (Lipinski definition) is 1. The SMILES string of the molecule is COc1cc(C(=O)NC(CC(C)C)c2cccs2)c([N+](=O)[O-])c(OC)c1OC. The summed E-state index contributed by atoms with van der Waals surface area (Å²) in [5.41, 5.74) is -0.614. The van der Waals surface area contributed by atoms with Crippen LogP contribution in [0.15, 0.2) is 23.6 Å². The van der Waals surface area contributed by atoms with Gasteiger partial charge in [0.15, 0.2) is 5.75 Å². The predicted octanol–water partition coefficient (Wildman–Crippen LogP) is 4.20. The highest BCUT2D eigenvalue weighted by Gasteiger charge is 2.33.